The first-order valence-electron chi connectivity index (χ1n) is 12.9. The van der Waals surface area contributed by atoms with Gasteiger partial charge in [-0.05, 0) is 67.8 Å². The number of halogens is 4. The summed E-state index contributed by atoms with van der Waals surface area (Å²) in [5.41, 5.74) is 1.23. The minimum atomic E-state index is -4.64. The lowest BCUT2D eigenvalue weighted by Crippen LogP contribution is -2.32. The molecule has 0 atom stereocenters. The van der Waals surface area contributed by atoms with Crippen molar-refractivity contribution in [2.45, 2.75) is 52.1 Å². The summed E-state index contributed by atoms with van der Waals surface area (Å²) in [6.45, 7) is 5.32. The topological polar surface area (TPSA) is 87.0 Å². The summed E-state index contributed by atoms with van der Waals surface area (Å²) in [4.78, 5) is 24.0. The van der Waals surface area contributed by atoms with Crippen LogP contribution in [0.4, 0.5) is 18.0 Å². The van der Waals surface area contributed by atoms with Gasteiger partial charge in [0.05, 0.1) is 13.5 Å². The summed E-state index contributed by atoms with van der Waals surface area (Å²) in [6, 6.07) is 15.2. The summed E-state index contributed by atoms with van der Waals surface area (Å²) in [5, 5.41) is 2.57. The van der Waals surface area contributed by atoms with Crippen LogP contribution in [0.15, 0.2) is 69.8 Å². The van der Waals surface area contributed by atoms with E-state index in [1.807, 2.05) is 0 Å². The van der Waals surface area contributed by atoms with E-state index in [4.69, 9.17) is 18.6 Å². The number of amides is 1. The summed E-state index contributed by atoms with van der Waals surface area (Å²) < 4.78 is 63.9. The van der Waals surface area contributed by atoms with Crippen molar-refractivity contribution in [2.24, 2.45) is 0 Å². The molecule has 0 fully saturated rings. The molecule has 11 heteroatoms. The van der Waals surface area contributed by atoms with Gasteiger partial charge < -0.3 is 23.9 Å². The first kappa shape index (κ1) is 31.0. The van der Waals surface area contributed by atoms with Gasteiger partial charge in [-0.1, -0.05) is 40.2 Å². The number of carbonyl (C=O) groups excluding carboxylic acids is 2. The minimum absolute atomic E-state index is 0.0343. The Kier molecular flexibility index (Phi) is 9.20. The number of carbonyl (C=O) groups is 2. The molecule has 42 heavy (non-hydrogen) atoms. The van der Waals surface area contributed by atoms with Crippen LogP contribution in [-0.4, -0.2) is 24.8 Å². The molecule has 0 spiro atoms. The highest BCUT2D eigenvalue weighted by atomic mass is 79.9. The maximum atomic E-state index is 13.9. The maximum Gasteiger partial charge on any atom is 0.420 e. The van der Waals surface area contributed by atoms with E-state index in [1.165, 1.54) is 13.2 Å². The average Bonchev–Trinajstić information content (AvgIpc) is 3.35. The number of hydrogen-bond donors (Lipinski definition) is 1. The van der Waals surface area contributed by atoms with Gasteiger partial charge in [0, 0.05) is 27.5 Å². The van der Waals surface area contributed by atoms with Gasteiger partial charge in [0.15, 0.2) is 0 Å². The Morgan fingerprint density at radius 2 is 1.76 bits per heavy atom. The molecule has 1 N–H and O–H groups in total. The van der Waals surface area contributed by atoms with E-state index in [0.29, 0.717) is 44.3 Å². The standard InChI is InChI=1S/C31H29BrF3NO6/c1-30(2,3)42-29(38)36-15-18-6-5-7-20(10-18)23-11-19(12-24-25(31(33,34)35)17-41-28(23)24)16-40-26-14-22(32)9-8-21(26)13-27(37)39-4/h5-12,14,17H,13,15-16H2,1-4H3,(H,36,38). The predicted octanol–water partition coefficient (Wildman–Crippen LogP) is 8.20. The van der Waals surface area contributed by atoms with Crippen molar-refractivity contribution < 1.29 is 41.4 Å². The molecule has 1 amide bonds. The van der Waals surface area contributed by atoms with Gasteiger partial charge in [0.1, 0.15) is 35.4 Å². The molecule has 0 bridgehead atoms. The third-order valence-corrected chi connectivity index (χ3v) is 6.59. The molecular formula is C31H29BrF3NO6. The maximum absolute atomic E-state index is 13.9. The second-order valence-electron chi connectivity index (χ2n) is 10.5. The molecule has 0 unspecified atom stereocenters. The lowest BCUT2D eigenvalue weighted by atomic mass is 9.97. The van der Waals surface area contributed by atoms with Crippen LogP contribution in [0.3, 0.4) is 0 Å². The smallest absolute Gasteiger partial charge is 0.420 e. The quantitative estimate of drug-likeness (QED) is 0.194. The predicted molar refractivity (Wildman–Crippen MR) is 154 cm³/mol. The second-order valence-corrected chi connectivity index (χ2v) is 11.4. The zero-order valence-electron chi connectivity index (χ0n) is 23.4. The van der Waals surface area contributed by atoms with Gasteiger partial charge in [-0.25, -0.2) is 4.79 Å². The number of benzene rings is 3. The highest BCUT2D eigenvalue weighted by Crippen LogP contribution is 2.41. The molecule has 0 saturated heterocycles. The molecule has 7 nitrogen and oxygen atoms in total. The molecule has 1 heterocycles. The molecular weight excluding hydrogens is 619 g/mol. The Balaban J connectivity index is 1.69. The van der Waals surface area contributed by atoms with Gasteiger partial charge in [-0.15, -0.1) is 0 Å². The van der Waals surface area contributed by atoms with Gasteiger partial charge in [-0.3, -0.25) is 4.79 Å². The van der Waals surface area contributed by atoms with E-state index in [1.54, 1.807) is 69.3 Å². The fraction of sp³-hybridized carbons (Fsp3) is 0.290. The molecule has 0 aliphatic rings. The molecule has 4 aromatic rings. The monoisotopic (exact) mass is 647 g/mol. The number of rotatable bonds is 8. The van der Waals surface area contributed by atoms with Crippen molar-refractivity contribution in [1.82, 2.24) is 5.32 Å². The van der Waals surface area contributed by atoms with Crippen LogP contribution in [0.25, 0.3) is 22.1 Å². The lowest BCUT2D eigenvalue weighted by molar-refractivity contribution is -0.140. The van der Waals surface area contributed by atoms with Crippen molar-refractivity contribution >= 4 is 39.0 Å². The number of fused-ring (bicyclic) bond motifs is 1. The Hall–Kier alpha value is -3.99. The number of hydrogen-bond acceptors (Lipinski definition) is 6. The molecule has 0 aliphatic carbocycles. The summed E-state index contributed by atoms with van der Waals surface area (Å²) in [5.74, 6) is -0.0741. The Morgan fingerprint density at radius 1 is 1.00 bits per heavy atom. The van der Waals surface area contributed by atoms with Gasteiger partial charge in [-0.2, -0.15) is 13.2 Å². The Morgan fingerprint density at radius 3 is 2.45 bits per heavy atom. The van der Waals surface area contributed by atoms with E-state index in [-0.39, 0.29) is 30.5 Å². The van der Waals surface area contributed by atoms with Crippen LogP contribution in [0.5, 0.6) is 5.75 Å². The van der Waals surface area contributed by atoms with E-state index in [0.717, 1.165) is 0 Å². The van der Waals surface area contributed by atoms with Crippen molar-refractivity contribution in [3.63, 3.8) is 0 Å². The third-order valence-electron chi connectivity index (χ3n) is 6.10. The van der Waals surface area contributed by atoms with Crippen LogP contribution >= 0.6 is 15.9 Å². The molecule has 0 saturated carbocycles. The SMILES string of the molecule is COC(=O)Cc1ccc(Br)cc1OCc1cc(-c2cccc(CNC(=O)OC(C)(C)C)c2)c2occ(C(F)(F)F)c2c1. The van der Waals surface area contributed by atoms with Gasteiger partial charge in [0.25, 0.3) is 0 Å². The summed E-state index contributed by atoms with van der Waals surface area (Å²) in [6.07, 6.45) is -4.56. The molecule has 222 valence electrons. The Labute approximate surface area is 249 Å². The first-order chi connectivity index (χ1) is 19.7. The molecule has 4 rings (SSSR count). The zero-order chi connectivity index (χ0) is 30.7. The van der Waals surface area contributed by atoms with Crippen LogP contribution in [0, 0.1) is 0 Å². The number of methoxy groups -OCH3 is 1. The fourth-order valence-electron chi connectivity index (χ4n) is 4.25. The summed E-state index contributed by atoms with van der Waals surface area (Å²) >= 11 is 3.38. The van der Waals surface area contributed by atoms with Crippen molar-refractivity contribution in [2.75, 3.05) is 7.11 Å². The van der Waals surface area contributed by atoms with Crippen molar-refractivity contribution in [1.29, 1.82) is 0 Å². The number of nitrogens with one attached hydrogen (secondary N) is 1. The largest absolute Gasteiger partial charge is 0.489 e. The zero-order valence-corrected chi connectivity index (χ0v) is 24.9. The minimum Gasteiger partial charge on any atom is -0.489 e. The van der Waals surface area contributed by atoms with Crippen LogP contribution < -0.4 is 10.1 Å². The summed E-state index contributed by atoms with van der Waals surface area (Å²) in [7, 11) is 1.28. The number of furan rings is 1. The normalized spacial score (nSPS) is 11.8. The van der Waals surface area contributed by atoms with Crippen LogP contribution in [0.1, 0.15) is 43.0 Å². The number of ether oxygens (including phenoxy) is 3. The average molecular weight is 648 g/mol. The van der Waals surface area contributed by atoms with E-state index >= 15 is 0 Å². The van der Waals surface area contributed by atoms with Crippen molar-refractivity contribution in [3.8, 4) is 16.9 Å². The third kappa shape index (κ3) is 7.84. The fourth-order valence-corrected chi connectivity index (χ4v) is 4.59. The highest BCUT2D eigenvalue weighted by Gasteiger charge is 2.35. The van der Waals surface area contributed by atoms with E-state index in [9.17, 15) is 22.8 Å². The van der Waals surface area contributed by atoms with Crippen molar-refractivity contribution in [3.05, 3.63) is 87.6 Å². The van der Waals surface area contributed by atoms with Gasteiger partial charge in [0.2, 0.25) is 0 Å². The Bertz CT molecular complexity index is 1610. The molecule has 1 aromatic heterocycles. The van der Waals surface area contributed by atoms with Gasteiger partial charge >= 0.3 is 18.2 Å². The van der Waals surface area contributed by atoms with Crippen LogP contribution in [-0.2, 0) is 40.0 Å². The molecule has 3 aromatic carbocycles. The number of alkyl carbamates (subject to hydrolysis) is 1. The second kappa shape index (κ2) is 12.5. The first-order valence-corrected chi connectivity index (χ1v) is 13.7. The molecule has 0 radical (unpaired) electrons. The van der Waals surface area contributed by atoms with E-state index in [2.05, 4.69) is 21.2 Å². The number of alkyl halides is 3. The van der Waals surface area contributed by atoms with E-state index < -0.39 is 29.4 Å². The van der Waals surface area contributed by atoms with Crippen LogP contribution in [0.2, 0.25) is 0 Å². The molecule has 0 aliphatic heterocycles. The lowest BCUT2D eigenvalue weighted by Gasteiger charge is -2.19. The number of esters is 1. The highest BCUT2D eigenvalue weighted by molar-refractivity contribution is 9.10.